The van der Waals surface area contributed by atoms with Gasteiger partial charge in [-0.2, -0.15) is 4.68 Å². The van der Waals surface area contributed by atoms with E-state index in [2.05, 4.69) is 21.0 Å². The molecule has 15 heavy (non-hydrogen) atoms. The van der Waals surface area contributed by atoms with Crippen molar-refractivity contribution in [1.29, 1.82) is 0 Å². The average Bonchev–Trinajstić information content (AvgIpc) is 2.46. The van der Waals surface area contributed by atoms with E-state index < -0.39 is 4.92 Å². The Morgan fingerprint density at radius 3 is 2.73 bits per heavy atom. The summed E-state index contributed by atoms with van der Waals surface area (Å²) in [6.45, 7) is 3.61. The molecule has 0 aliphatic heterocycles. The zero-order valence-electron chi connectivity index (χ0n) is 8.31. The van der Waals surface area contributed by atoms with E-state index in [-0.39, 0.29) is 28.5 Å². The van der Waals surface area contributed by atoms with E-state index in [1.165, 1.54) is 10.9 Å². The van der Waals surface area contributed by atoms with E-state index in [1.54, 1.807) is 13.8 Å². The zero-order valence-corrected chi connectivity index (χ0v) is 9.89. The molecular formula is C8H10BrN3O3. The van der Waals surface area contributed by atoms with Gasteiger partial charge in [-0.25, -0.2) is 0 Å². The normalized spacial score (nSPS) is 10.7. The smallest absolute Gasteiger partial charge is 0.358 e. The summed E-state index contributed by atoms with van der Waals surface area (Å²) < 4.78 is 1.55. The summed E-state index contributed by atoms with van der Waals surface area (Å²) in [4.78, 5) is 21.2. The fourth-order valence-electron chi connectivity index (χ4n) is 0.934. The van der Waals surface area contributed by atoms with Crippen molar-refractivity contribution >= 4 is 27.5 Å². The van der Waals surface area contributed by atoms with E-state index >= 15 is 0 Å². The Morgan fingerprint density at radius 1 is 1.73 bits per heavy atom. The van der Waals surface area contributed by atoms with Gasteiger partial charge < -0.3 is 10.1 Å². The molecule has 82 valence electrons. The second kappa shape index (κ2) is 4.52. The fraction of sp³-hybridized carbons (Fsp3) is 0.500. The lowest BCUT2D eigenvalue weighted by molar-refractivity contribution is -0.390. The van der Waals surface area contributed by atoms with Crippen molar-refractivity contribution in [2.45, 2.75) is 20.4 Å². The van der Waals surface area contributed by atoms with Gasteiger partial charge in [-0.05, 0) is 20.9 Å². The molecule has 6 nitrogen and oxygen atoms in total. The first-order valence-electron chi connectivity index (χ1n) is 4.32. The number of carbonyl (C=O) groups excluding carboxylic acids is 1. The van der Waals surface area contributed by atoms with Gasteiger partial charge in [0.2, 0.25) is 0 Å². The maximum absolute atomic E-state index is 11.4. The van der Waals surface area contributed by atoms with Gasteiger partial charge in [-0.3, -0.25) is 4.79 Å². The van der Waals surface area contributed by atoms with Crippen LogP contribution < -0.4 is 0 Å². The second-order valence-corrected chi connectivity index (χ2v) is 4.23. The molecule has 0 aromatic carbocycles. The third kappa shape index (κ3) is 2.85. The lowest BCUT2D eigenvalue weighted by atomic mass is 10.1. The van der Waals surface area contributed by atoms with Crippen molar-refractivity contribution in [3.05, 3.63) is 20.8 Å². The van der Waals surface area contributed by atoms with E-state index in [4.69, 9.17) is 0 Å². The molecule has 1 heterocycles. The average molecular weight is 276 g/mol. The minimum absolute atomic E-state index is 0.0140. The van der Waals surface area contributed by atoms with Crippen molar-refractivity contribution in [2.75, 3.05) is 0 Å². The van der Waals surface area contributed by atoms with Crippen LogP contribution >= 0.6 is 15.9 Å². The summed E-state index contributed by atoms with van der Waals surface area (Å²) >= 11 is 3.01. The van der Waals surface area contributed by atoms with Gasteiger partial charge in [0.25, 0.3) is 0 Å². The molecule has 0 spiro atoms. The summed E-state index contributed by atoms with van der Waals surface area (Å²) in [7, 11) is 0. The van der Waals surface area contributed by atoms with Crippen LogP contribution in [0.1, 0.15) is 13.8 Å². The summed E-state index contributed by atoms with van der Waals surface area (Å²) in [5.41, 5.74) is 0. The maximum atomic E-state index is 11.4. The fourth-order valence-corrected chi connectivity index (χ4v) is 1.39. The molecule has 1 aromatic rings. The monoisotopic (exact) mass is 275 g/mol. The Balaban J connectivity index is 2.84. The first-order valence-corrected chi connectivity index (χ1v) is 5.11. The highest BCUT2D eigenvalue weighted by molar-refractivity contribution is 9.10. The van der Waals surface area contributed by atoms with Crippen LogP contribution in [0.3, 0.4) is 0 Å². The lowest BCUT2D eigenvalue weighted by Crippen LogP contribution is -2.15. The molecule has 0 saturated heterocycles. The summed E-state index contributed by atoms with van der Waals surface area (Å²) in [5.74, 6) is -0.390. The Morgan fingerprint density at radius 2 is 2.33 bits per heavy atom. The molecule has 7 heteroatoms. The first-order chi connectivity index (χ1) is 6.91. The van der Waals surface area contributed by atoms with E-state index in [0.29, 0.717) is 0 Å². The first kappa shape index (κ1) is 11.8. The van der Waals surface area contributed by atoms with Gasteiger partial charge in [0.15, 0.2) is 5.78 Å². The topological polar surface area (TPSA) is 78.0 Å². The highest BCUT2D eigenvalue weighted by Gasteiger charge is 2.20. The van der Waals surface area contributed by atoms with Crippen molar-refractivity contribution < 1.29 is 9.72 Å². The highest BCUT2D eigenvalue weighted by Crippen LogP contribution is 2.21. The van der Waals surface area contributed by atoms with Crippen LogP contribution in [0.5, 0.6) is 0 Å². The number of hydrogen-bond donors (Lipinski definition) is 0. The van der Waals surface area contributed by atoms with Gasteiger partial charge in [0.1, 0.15) is 11.0 Å². The van der Waals surface area contributed by atoms with Crippen LogP contribution in [0.4, 0.5) is 5.82 Å². The van der Waals surface area contributed by atoms with Gasteiger partial charge in [-0.1, -0.05) is 13.8 Å². The number of nitro groups is 1. The summed E-state index contributed by atoms with van der Waals surface area (Å²) in [5, 5.41) is 14.2. The molecule has 1 aromatic heterocycles. The quantitative estimate of drug-likeness (QED) is 0.620. The Kier molecular flexibility index (Phi) is 3.57. The number of halogens is 1. The van der Waals surface area contributed by atoms with Crippen LogP contribution in [0.2, 0.25) is 0 Å². The molecule has 0 bridgehead atoms. The number of aromatic nitrogens is 2. The van der Waals surface area contributed by atoms with Crippen molar-refractivity contribution in [2.24, 2.45) is 5.92 Å². The zero-order chi connectivity index (χ0) is 11.6. The summed E-state index contributed by atoms with van der Waals surface area (Å²) in [6.07, 6.45) is 1.43. The Hall–Kier alpha value is -1.24. The number of rotatable bonds is 4. The number of hydrogen-bond acceptors (Lipinski definition) is 4. The second-order valence-electron chi connectivity index (χ2n) is 3.38. The minimum atomic E-state index is -0.597. The molecule has 0 N–H and O–H groups in total. The van der Waals surface area contributed by atoms with Gasteiger partial charge in [0.05, 0.1) is 11.3 Å². The number of carbonyl (C=O) groups is 1. The molecular weight excluding hydrogens is 266 g/mol. The van der Waals surface area contributed by atoms with Crippen LogP contribution in [-0.4, -0.2) is 20.5 Å². The lowest BCUT2D eigenvalue weighted by Gasteiger charge is -2.00. The molecule has 1 rings (SSSR count). The van der Waals surface area contributed by atoms with Gasteiger partial charge in [0, 0.05) is 5.92 Å². The maximum Gasteiger partial charge on any atom is 0.404 e. The molecule has 0 atom stereocenters. The summed E-state index contributed by atoms with van der Waals surface area (Å²) in [6, 6.07) is 0. The minimum Gasteiger partial charge on any atom is -0.358 e. The molecule has 0 amide bonds. The van der Waals surface area contributed by atoms with Gasteiger partial charge in [-0.15, -0.1) is 0 Å². The van der Waals surface area contributed by atoms with Crippen molar-refractivity contribution in [3.63, 3.8) is 0 Å². The molecule has 0 aliphatic rings. The molecule has 0 aliphatic carbocycles. The van der Waals surface area contributed by atoms with E-state index in [9.17, 15) is 14.9 Å². The number of ketones is 1. The van der Waals surface area contributed by atoms with Crippen molar-refractivity contribution in [3.8, 4) is 0 Å². The SMILES string of the molecule is CC(C)C(=O)Cn1cc(Br)c([N+](=O)[O-])n1. The van der Waals surface area contributed by atoms with E-state index in [1.807, 2.05) is 0 Å². The third-order valence-corrected chi connectivity index (χ3v) is 2.39. The number of Topliss-reactive ketones (excluding diaryl/α,β-unsaturated/α-hetero) is 1. The van der Waals surface area contributed by atoms with Crippen LogP contribution in [0, 0.1) is 16.0 Å². The Labute approximate surface area is 94.5 Å². The predicted octanol–water partition coefficient (Wildman–Crippen LogP) is 1.78. The largest absolute Gasteiger partial charge is 0.404 e. The molecule has 0 radical (unpaired) electrons. The number of nitrogens with zero attached hydrogens (tertiary/aromatic N) is 3. The molecule has 0 fully saturated rings. The predicted molar refractivity (Wildman–Crippen MR) is 56.4 cm³/mol. The van der Waals surface area contributed by atoms with E-state index in [0.717, 1.165) is 0 Å². The molecule has 0 saturated carbocycles. The standard InChI is InChI=1S/C8H10BrN3O3/c1-5(2)7(13)4-11-3-6(9)8(10-11)12(14)15/h3,5H,4H2,1-2H3. The highest BCUT2D eigenvalue weighted by atomic mass is 79.9. The van der Waals surface area contributed by atoms with Crippen LogP contribution in [0.15, 0.2) is 10.7 Å². The Bertz CT molecular complexity index is 400. The third-order valence-electron chi connectivity index (χ3n) is 1.83. The molecule has 0 unspecified atom stereocenters. The van der Waals surface area contributed by atoms with Crippen LogP contribution in [0.25, 0.3) is 0 Å². The van der Waals surface area contributed by atoms with Crippen molar-refractivity contribution in [1.82, 2.24) is 9.78 Å². The van der Waals surface area contributed by atoms with Gasteiger partial charge >= 0.3 is 5.82 Å². The van der Waals surface area contributed by atoms with Crippen LogP contribution in [-0.2, 0) is 11.3 Å².